The summed E-state index contributed by atoms with van der Waals surface area (Å²) in [5.41, 5.74) is 1.20. The van der Waals surface area contributed by atoms with Crippen molar-refractivity contribution in [2.24, 2.45) is 0 Å². The van der Waals surface area contributed by atoms with E-state index >= 15 is 0 Å². The summed E-state index contributed by atoms with van der Waals surface area (Å²) in [7, 11) is 0. The van der Waals surface area contributed by atoms with Gasteiger partial charge in [-0.05, 0) is 29.8 Å². The molecular formula is C21H22Cl3N3O3. The fraction of sp³-hybridized carbons (Fsp3) is 0.333. The quantitative estimate of drug-likeness (QED) is 0.649. The molecule has 1 heterocycles. The number of carbonyl (C=O) groups is 2. The van der Waals surface area contributed by atoms with Crippen LogP contribution in [0.5, 0.6) is 0 Å². The van der Waals surface area contributed by atoms with Crippen molar-refractivity contribution in [3.8, 4) is 0 Å². The third-order valence-electron chi connectivity index (χ3n) is 4.83. The molecule has 3 rings (SSSR count). The number of hydrogen-bond donors (Lipinski definition) is 2. The molecular weight excluding hydrogens is 449 g/mol. The van der Waals surface area contributed by atoms with Crippen molar-refractivity contribution in [3.05, 3.63) is 68.7 Å². The molecule has 1 atom stereocenters. The predicted molar refractivity (Wildman–Crippen MR) is 118 cm³/mol. The lowest BCUT2D eigenvalue weighted by Gasteiger charge is -2.35. The van der Waals surface area contributed by atoms with Gasteiger partial charge in [0.1, 0.15) is 0 Å². The highest BCUT2D eigenvalue weighted by Gasteiger charge is 2.25. The number of nitrogens with zero attached hydrogens (tertiary/aromatic N) is 1. The van der Waals surface area contributed by atoms with Gasteiger partial charge >= 0.3 is 0 Å². The van der Waals surface area contributed by atoms with E-state index in [4.69, 9.17) is 39.5 Å². The summed E-state index contributed by atoms with van der Waals surface area (Å²) in [6.07, 6.45) is 0. The number of amides is 2. The number of benzene rings is 2. The van der Waals surface area contributed by atoms with Crippen LogP contribution in [0.4, 0.5) is 0 Å². The maximum atomic E-state index is 12.4. The smallest absolute Gasteiger partial charge is 0.253 e. The second kappa shape index (κ2) is 11.0. The number of rotatable bonds is 7. The summed E-state index contributed by atoms with van der Waals surface area (Å²) >= 11 is 18.3. The lowest BCUT2D eigenvalue weighted by atomic mass is 10.0. The first-order chi connectivity index (χ1) is 14.5. The summed E-state index contributed by atoms with van der Waals surface area (Å²) < 4.78 is 5.44. The van der Waals surface area contributed by atoms with Crippen LogP contribution in [-0.2, 0) is 9.53 Å². The van der Waals surface area contributed by atoms with E-state index in [1.807, 2.05) is 24.3 Å². The van der Waals surface area contributed by atoms with Crippen LogP contribution < -0.4 is 10.6 Å². The van der Waals surface area contributed by atoms with E-state index in [2.05, 4.69) is 15.5 Å². The van der Waals surface area contributed by atoms with Gasteiger partial charge in [0.05, 0.1) is 36.4 Å². The largest absolute Gasteiger partial charge is 0.379 e. The minimum atomic E-state index is -0.442. The molecule has 0 bridgehead atoms. The number of morpholine rings is 1. The average molecular weight is 471 g/mol. The summed E-state index contributed by atoms with van der Waals surface area (Å²) in [6.45, 7) is 2.95. The Morgan fingerprint density at radius 3 is 2.43 bits per heavy atom. The second-order valence-corrected chi connectivity index (χ2v) is 8.05. The minimum absolute atomic E-state index is 0.0899. The Balaban J connectivity index is 1.58. The van der Waals surface area contributed by atoms with Crippen LogP contribution in [0.2, 0.25) is 15.1 Å². The van der Waals surface area contributed by atoms with E-state index in [1.165, 1.54) is 12.1 Å². The van der Waals surface area contributed by atoms with Gasteiger partial charge in [-0.1, -0.05) is 53.0 Å². The van der Waals surface area contributed by atoms with Crippen LogP contribution >= 0.6 is 34.8 Å². The molecule has 2 aromatic carbocycles. The molecule has 0 aromatic heterocycles. The molecule has 0 radical (unpaired) electrons. The van der Waals surface area contributed by atoms with E-state index < -0.39 is 5.91 Å². The monoisotopic (exact) mass is 469 g/mol. The molecule has 30 heavy (non-hydrogen) atoms. The van der Waals surface area contributed by atoms with Crippen molar-refractivity contribution in [1.82, 2.24) is 15.5 Å². The molecule has 1 aliphatic heterocycles. The van der Waals surface area contributed by atoms with Crippen LogP contribution in [0.25, 0.3) is 0 Å². The van der Waals surface area contributed by atoms with Gasteiger partial charge in [-0.15, -0.1) is 0 Å². The number of nitrogens with one attached hydrogen (secondary N) is 2. The number of carbonyl (C=O) groups excluding carboxylic acids is 2. The lowest BCUT2D eigenvalue weighted by Crippen LogP contribution is -2.45. The number of ether oxygens (including phenoxy) is 1. The van der Waals surface area contributed by atoms with Gasteiger partial charge in [-0.25, -0.2) is 0 Å². The Morgan fingerprint density at radius 2 is 1.73 bits per heavy atom. The zero-order chi connectivity index (χ0) is 21.5. The molecule has 2 N–H and O–H groups in total. The molecule has 2 amide bonds. The molecule has 2 aromatic rings. The van der Waals surface area contributed by atoms with Crippen LogP contribution in [0.15, 0.2) is 42.5 Å². The van der Waals surface area contributed by atoms with Crippen LogP contribution in [0.3, 0.4) is 0 Å². The summed E-state index contributed by atoms with van der Waals surface area (Å²) in [5.74, 6) is -0.749. The standard InChI is InChI=1S/C21H22Cl3N3O3/c22-14-5-6-16(18(24)11-14)21(29)26-13-20(28)25-12-19(27-7-9-30-10-8-27)15-3-1-2-4-17(15)23/h1-6,11,19H,7-10,12-13H2,(H,25,28)(H,26,29). The van der Waals surface area contributed by atoms with Gasteiger partial charge in [0.15, 0.2) is 0 Å². The first-order valence-corrected chi connectivity index (χ1v) is 10.7. The molecule has 160 valence electrons. The minimum Gasteiger partial charge on any atom is -0.379 e. The number of hydrogen-bond acceptors (Lipinski definition) is 4. The molecule has 0 spiro atoms. The van der Waals surface area contributed by atoms with Crippen molar-refractivity contribution in [2.75, 3.05) is 39.4 Å². The molecule has 6 nitrogen and oxygen atoms in total. The van der Waals surface area contributed by atoms with E-state index in [9.17, 15) is 9.59 Å². The molecule has 1 unspecified atom stereocenters. The highest BCUT2D eigenvalue weighted by Crippen LogP contribution is 2.27. The van der Waals surface area contributed by atoms with Gasteiger partial charge in [0.2, 0.25) is 5.91 Å². The van der Waals surface area contributed by atoms with Crippen LogP contribution in [0.1, 0.15) is 22.0 Å². The van der Waals surface area contributed by atoms with E-state index in [0.717, 1.165) is 18.7 Å². The molecule has 1 saturated heterocycles. The van der Waals surface area contributed by atoms with Crippen molar-refractivity contribution in [3.63, 3.8) is 0 Å². The van der Waals surface area contributed by atoms with Gasteiger partial charge < -0.3 is 15.4 Å². The van der Waals surface area contributed by atoms with Crippen molar-refractivity contribution < 1.29 is 14.3 Å². The third-order valence-corrected chi connectivity index (χ3v) is 5.72. The Labute approximate surface area is 190 Å². The first-order valence-electron chi connectivity index (χ1n) is 9.52. The lowest BCUT2D eigenvalue weighted by molar-refractivity contribution is -0.120. The normalized spacial score (nSPS) is 15.4. The summed E-state index contributed by atoms with van der Waals surface area (Å²) in [5, 5.41) is 6.77. The molecule has 0 saturated carbocycles. The number of halogens is 3. The zero-order valence-electron chi connectivity index (χ0n) is 16.2. The maximum absolute atomic E-state index is 12.4. The Kier molecular flexibility index (Phi) is 8.36. The van der Waals surface area contributed by atoms with E-state index in [1.54, 1.807) is 6.07 Å². The van der Waals surface area contributed by atoms with Gasteiger partial charge in [-0.3, -0.25) is 14.5 Å². The molecule has 1 aliphatic rings. The summed E-state index contributed by atoms with van der Waals surface area (Å²) in [6, 6.07) is 12.1. The van der Waals surface area contributed by atoms with E-state index in [0.29, 0.717) is 29.8 Å². The Bertz CT molecular complexity index is 904. The van der Waals surface area contributed by atoms with Crippen LogP contribution in [0, 0.1) is 0 Å². The predicted octanol–water partition coefficient (Wildman–Crippen LogP) is 3.57. The first kappa shape index (κ1) is 22.8. The second-order valence-electron chi connectivity index (χ2n) is 6.80. The molecule has 9 heteroatoms. The average Bonchev–Trinajstić information content (AvgIpc) is 2.74. The van der Waals surface area contributed by atoms with Gasteiger partial charge in [0, 0.05) is 29.7 Å². The Morgan fingerprint density at radius 1 is 1.00 bits per heavy atom. The Hall–Kier alpha value is -1.83. The topological polar surface area (TPSA) is 70.7 Å². The molecule has 0 aliphatic carbocycles. The zero-order valence-corrected chi connectivity index (χ0v) is 18.4. The van der Waals surface area contributed by atoms with Gasteiger partial charge in [0.25, 0.3) is 5.91 Å². The van der Waals surface area contributed by atoms with Crippen molar-refractivity contribution >= 4 is 46.6 Å². The maximum Gasteiger partial charge on any atom is 0.253 e. The van der Waals surface area contributed by atoms with Crippen LogP contribution in [-0.4, -0.2) is 56.1 Å². The SMILES string of the molecule is O=C(CNC(=O)c1ccc(Cl)cc1Cl)NCC(c1ccccc1Cl)N1CCOCC1. The van der Waals surface area contributed by atoms with Gasteiger partial charge in [-0.2, -0.15) is 0 Å². The highest BCUT2D eigenvalue weighted by molar-refractivity contribution is 6.36. The van der Waals surface area contributed by atoms with E-state index in [-0.39, 0.29) is 29.1 Å². The van der Waals surface area contributed by atoms with Crippen molar-refractivity contribution in [1.29, 1.82) is 0 Å². The third kappa shape index (κ3) is 6.09. The molecule has 1 fully saturated rings. The summed E-state index contributed by atoms with van der Waals surface area (Å²) in [4.78, 5) is 26.9. The highest BCUT2D eigenvalue weighted by atomic mass is 35.5. The van der Waals surface area contributed by atoms with Crippen molar-refractivity contribution in [2.45, 2.75) is 6.04 Å². The fourth-order valence-corrected chi connectivity index (χ4v) is 4.03. The fourth-order valence-electron chi connectivity index (χ4n) is 3.27.